The number of benzene rings is 2. The molecule has 0 N–H and O–H groups in total. The van der Waals surface area contributed by atoms with E-state index in [0.717, 1.165) is 5.56 Å². The first kappa shape index (κ1) is 16.5. The molecule has 0 aliphatic carbocycles. The quantitative estimate of drug-likeness (QED) is 0.350. The number of hydrogen-bond donors (Lipinski definition) is 0. The number of nitrogens with zero attached hydrogens (tertiary/aromatic N) is 2. The molecule has 3 aromatic rings. The van der Waals surface area contributed by atoms with Crippen molar-refractivity contribution in [3.63, 3.8) is 0 Å². The topological polar surface area (TPSA) is 80.1 Å². The second-order valence-electron chi connectivity index (χ2n) is 5.16. The van der Waals surface area contributed by atoms with Gasteiger partial charge >= 0.3 is 0 Å². The lowest BCUT2D eigenvalue weighted by Gasteiger charge is -2.00. The van der Waals surface area contributed by atoms with Crippen LogP contribution in [-0.2, 0) is 0 Å². The highest BCUT2D eigenvalue weighted by Crippen LogP contribution is 2.34. The van der Waals surface area contributed by atoms with Crippen LogP contribution in [0.2, 0.25) is 5.02 Å². The molecule has 3 rings (SSSR count). The minimum Gasteiger partial charge on any atom is -0.456 e. The lowest BCUT2D eigenvalue weighted by atomic mass is 10.1. The normalized spacial score (nSPS) is 11.1. The van der Waals surface area contributed by atoms with Crippen molar-refractivity contribution in [1.82, 2.24) is 0 Å². The van der Waals surface area contributed by atoms with Crippen LogP contribution in [0.1, 0.15) is 11.3 Å². The Labute approximate surface area is 148 Å². The van der Waals surface area contributed by atoms with Gasteiger partial charge in [-0.15, -0.1) is 0 Å². The number of nitro groups is 1. The van der Waals surface area contributed by atoms with Crippen molar-refractivity contribution in [3.05, 3.63) is 87.1 Å². The van der Waals surface area contributed by atoms with E-state index in [9.17, 15) is 15.4 Å². The molecule has 0 spiro atoms. The Kier molecular flexibility index (Phi) is 4.64. The van der Waals surface area contributed by atoms with Gasteiger partial charge in [0.25, 0.3) is 5.69 Å². The molecular weight excluding hydrogens is 340 g/mol. The Balaban J connectivity index is 2.00. The van der Waals surface area contributed by atoms with Crippen molar-refractivity contribution < 1.29 is 9.34 Å². The third-order valence-corrected chi connectivity index (χ3v) is 3.78. The van der Waals surface area contributed by atoms with E-state index in [-0.39, 0.29) is 10.7 Å². The van der Waals surface area contributed by atoms with E-state index in [2.05, 4.69) is 6.07 Å². The molecule has 0 unspecified atom stereocenters. The van der Waals surface area contributed by atoms with E-state index in [1.165, 1.54) is 12.1 Å². The van der Waals surface area contributed by atoms with E-state index in [4.69, 9.17) is 16.0 Å². The Morgan fingerprint density at radius 3 is 2.60 bits per heavy atom. The lowest BCUT2D eigenvalue weighted by molar-refractivity contribution is -0.384. The van der Waals surface area contributed by atoms with Crippen molar-refractivity contribution in [1.29, 1.82) is 5.26 Å². The van der Waals surface area contributed by atoms with Gasteiger partial charge in [-0.3, -0.25) is 10.1 Å². The van der Waals surface area contributed by atoms with Gasteiger partial charge in [-0.05, 0) is 35.9 Å². The second kappa shape index (κ2) is 7.04. The fourth-order valence-corrected chi connectivity index (χ4v) is 2.55. The van der Waals surface area contributed by atoms with Gasteiger partial charge in [0.2, 0.25) is 0 Å². The van der Waals surface area contributed by atoms with Gasteiger partial charge in [0.1, 0.15) is 11.5 Å². The van der Waals surface area contributed by atoms with Gasteiger partial charge in [0, 0.05) is 11.1 Å². The number of allylic oxidation sites excluding steroid dienone is 1. The van der Waals surface area contributed by atoms with Crippen molar-refractivity contribution in [3.8, 4) is 17.4 Å². The van der Waals surface area contributed by atoms with Crippen LogP contribution in [0.4, 0.5) is 5.69 Å². The molecule has 0 aliphatic heterocycles. The summed E-state index contributed by atoms with van der Waals surface area (Å²) in [5.74, 6) is 0.764. The average molecular weight is 351 g/mol. The minimum atomic E-state index is -0.510. The fraction of sp³-hybridized carbons (Fsp3) is 0. The van der Waals surface area contributed by atoms with E-state index in [0.29, 0.717) is 22.7 Å². The maximum absolute atomic E-state index is 11.2. The lowest BCUT2D eigenvalue weighted by Crippen LogP contribution is -1.91. The van der Waals surface area contributed by atoms with Crippen LogP contribution in [0.15, 0.2) is 65.1 Å². The highest BCUT2D eigenvalue weighted by Gasteiger charge is 2.18. The molecule has 0 saturated heterocycles. The predicted molar refractivity (Wildman–Crippen MR) is 95.7 cm³/mol. The van der Waals surface area contributed by atoms with Crippen molar-refractivity contribution >= 4 is 28.9 Å². The Morgan fingerprint density at radius 2 is 1.92 bits per heavy atom. The molecule has 0 saturated carbocycles. The van der Waals surface area contributed by atoms with Crippen LogP contribution < -0.4 is 0 Å². The molecule has 0 fully saturated rings. The van der Waals surface area contributed by atoms with Crippen LogP contribution in [-0.4, -0.2) is 4.92 Å². The number of rotatable bonds is 4. The molecule has 6 heteroatoms. The minimum absolute atomic E-state index is 0.138. The molecule has 1 heterocycles. The SMILES string of the molecule is N#C/C(=C/c1ccc(-c2ccc(Cl)cc2[N+](=O)[O-])o1)c1ccccc1. The van der Waals surface area contributed by atoms with Gasteiger partial charge < -0.3 is 4.42 Å². The zero-order valence-corrected chi connectivity index (χ0v) is 13.6. The van der Waals surface area contributed by atoms with Crippen LogP contribution >= 0.6 is 11.6 Å². The maximum atomic E-state index is 11.2. The van der Waals surface area contributed by atoms with Crippen LogP contribution in [0.5, 0.6) is 0 Å². The number of nitro benzene ring substituents is 1. The molecule has 25 heavy (non-hydrogen) atoms. The highest BCUT2D eigenvalue weighted by molar-refractivity contribution is 6.30. The molecule has 0 radical (unpaired) electrons. The molecule has 5 nitrogen and oxygen atoms in total. The van der Waals surface area contributed by atoms with E-state index >= 15 is 0 Å². The van der Waals surface area contributed by atoms with Gasteiger partial charge in [-0.2, -0.15) is 5.26 Å². The summed E-state index contributed by atoms with van der Waals surface area (Å²) in [5, 5.41) is 20.8. The average Bonchev–Trinajstić information content (AvgIpc) is 3.08. The Morgan fingerprint density at radius 1 is 1.16 bits per heavy atom. The molecule has 2 aromatic carbocycles. The van der Waals surface area contributed by atoms with E-state index in [1.807, 2.05) is 30.3 Å². The van der Waals surface area contributed by atoms with Gasteiger partial charge in [-0.25, -0.2) is 0 Å². The number of hydrogen-bond acceptors (Lipinski definition) is 4. The molecule has 1 aromatic heterocycles. The summed E-state index contributed by atoms with van der Waals surface area (Å²) >= 11 is 5.83. The molecule has 0 amide bonds. The van der Waals surface area contributed by atoms with Gasteiger partial charge in [0.05, 0.1) is 22.1 Å². The molecule has 0 atom stereocenters. The molecule has 122 valence electrons. The van der Waals surface area contributed by atoms with E-state index < -0.39 is 4.92 Å². The zero-order chi connectivity index (χ0) is 17.8. The molecule has 0 bridgehead atoms. The largest absolute Gasteiger partial charge is 0.456 e. The number of halogens is 1. The predicted octanol–water partition coefficient (Wildman–Crippen LogP) is 5.57. The highest BCUT2D eigenvalue weighted by atomic mass is 35.5. The summed E-state index contributed by atoms with van der Waals surface area (Å²) in [4.78, 5) is 10.7. The standard InChI is InChI=1S/C19H11ClN2O3/c20-15-6-8-17(18(11-15)22(23)24)19-9-7-16(25-19)10-14(12-21)13-4-2-1-3-5-13/h1-11H/b14-10-. The van der Waals surface area contributed by atoms with Crippen molar-refractivity contribution in [2.45, 2.75) is 0 Å². The molecular formula is C19H11ClN2O3. The summed E-state index contributed by atoms with van der Waals surface area (Å²) < 4.78 is 5.68. The third kappa shape index (κ3) is 3.60. The fourth-order valence-electron chi connectivity index (χ4n) is 2.38. The number of nitriles is 1. The van der Waals surface area contributed by atoms with Crippen LogP contribution in [0.25, 0.3) is 23.0 Å². The maximum Gasteiger partial charge on any atom is 0.281 e. The monoisotopic (exact) mass is 350 g/mol. The summed E-state index contributed by atoms with van der Waals surface area (Å²) in [5.41, 5.74) is 1.39. The summed E-state index contributed by atoms with van der Waals surface area (Å²) in [6.45, 7) is 0. The van der Waals surface area contributed by atoms with Crippen molar-refractivity contribution in [2.75, 3.05) is 0 Å². The van der Waals surface area contributed by atoms with Crippen LogP contribution in [0.3, 0.4) is 0 Å². The first-order chi connectivity index (χ1) is 12.1. The number of furan rings is 1. The first-order valence-corrected chi connectivity index (χ1v) is 7.67. The summed E-state index contributed by atoms with van der Waals surface area (Å²) in [7, 11) is 0. The third-order valence-electron chi connectivity index (χ3n) is 3.54. The summed E-state index contributed by atoms with van der Waals surface area (Å²) in [6.07, 6.45) is 1.60. The zero-order valence-electron chi connectivity index (χ0n) is 12.8. The van der Waals surface area contributed by atoms with Gasteiger partial charge in [-0.1, -0.05) is 41.9 Å². The second-order valence-corrected chi connectivity index (χ2v) is 5.59. The summed E-state index contributed by atoms with van der Waals surface area (Å²) in [6, 6.07) is 19.0. The van der Waals surface area contributed by atoms with E-state index in [1.54, 1.807) is 24.3 Å². The first-order valence-electron chi connectivity index (χ1n) is 7.30. The Bertz CT molecular complexity index is 1000. The van der Waals surface area contributed by atoms with Gasteiger partial charge in [0.15, 0.2) is 0 Å². The van der Waals surface area contributed by atoms with Crippen LogP contribution in [0, 0.1) is 21.4 Å². The molecule has 0 aliphatic rings. The van der Waals surface area contributed by atoms with Crippen molar-refractivity contribution in [2.24, 2.45) is 0 Å². The smallest absolute Gasteiger partial charge is 0.281 e. The Hall–Kier alpha value is -3.36.